The van der Waals surface area contributed by atoms with E-state index in [4.69, 9.17) is 5.11 Å². The molecule has 1 heterocycles. The third-order valence-corrected chi connectivity index (χ3v) is 4.03. The first-order chi connectivity index (χ1) is 10.5. The van der Waals surface area contributed by atoms with Gasteiger partial charge >= 0.3 is 5.97 Å². The topological polar surface area (TPSA) is 91.1 Å². The van der Waals surface area contributed by atoms with Gasteiger partial charge in [0, 0.05) is 5.56 Å². The van der Waals surface area contributed by atoms with Crippen molar-refractivity contribution in [3.05, 3.63) is 35.1 Å². The van der Waals surface area contributed by atoms with Gasteiger partial charge in [0.05, 0.1) is 12.6 Å². The lowest BCUT2D eigenvalue weighted by molar-refractivity contribution is -0.138. The van der Waals surface area contributed by atoms with Crippen LogP contribution in [0.1, 0.15) is 24.5 Å². The molecule has 22 heavy (non-hydrogen) atoms. The van der Waals surface area contributed by atoms with E-state index in [0.29, 0.717) is 0 Å². The summed E-state index contributed by atoms with van der Waals surface area (Å²) in [6, 6.07) is 4.83. The number of aryl methyl sites for hydroxylation is 1. The standard InChI is InChI=1S/C14H14FN3O3S/c1-2-8-3-4-9(10(15)5-8)7-16-18-14-17-13(21)11(22-14)6-12(19)20/h3-5,7,11H,2,6H2,1H3,(H,19,20)(H,17,18,21). The van der Waals surface area contributed by atoms with Crippen LogP contribution in [0.3, 0.4) is 0 Å². The van der Waals surface area contributed by atoms with Crippen molar-refractivity contribution in [2.75, 3.05) is 0 Å². The van der Waals surface area contributed by atoms with E-state index >= 15 is 0 Å². The maximum atomic E-state index is 13.7. The van der Waals surface area contributed by atoms with Crippen molar-refractivity contribution in [3.63, 3.8) is 0 Å². The Hall–Kier alpha value is -2.22. The highest BCUT2D eigenvalue weighted by atomic mass is 32.2. The third kappa shape index (κ3) is 4.14. The first-order valence-corrected chi connectivity index (χ1v) is 7.46. The van der Waals surface area contributed by atoms with Crippen molar-refractivity contribution in [1.29, 1.82) is 0 Å². The molecule has 0 aromatic heterocycles. The molecule has 0 spiro atoms. The summed E-state index contributed by atoms with van der Waals surface area (Å²) in [6.07, 6.45) is 1.70. The number of nitrogens with zero attached hydrogens (tertiary/aromatic N) is 2. The minimum atomic E-state index is -1.06. The Morgan fingerprint density at radius 3 is 2.95 bits per heavy atom. The second-order valence-corrected chi connectivity index (χ2v) is 5.74. The lowest BCUT2D eigenvalue weighted by atomic mass is 10.1. The number of carbonyl (C=O) groups excluding carboxylic acids is 1. The number of amidine groups is 1. The van der Waals surface area contributed by atoms with Crippen LogP contribution in [0.2, 0.25) is 0 Å². The lowest BCUT2D eigenvalue weighted by Crippen LogP contribution is -2.26. The number of hydrogen-bond donors (Lipinski definition) is 2. The fraction of sp³-hybridized carbons (Fsp3) is 0.286. The minimum Gasteiger partial charge on any atom is -0.481 e. The van der Waals surface area contributed by atoms with Gasteiger partial charge in [0.2, 0.25) is 5.91 Å². The van der Waals surface area contributed by atoms with Crippen molar-refractivity contribution in [2.45, 2.75) is 25.0 Å². The zero-order chi connectivity index (χ0) is 16.1. The molecule has 1 saturated heterocycles. The Morgan fingerprint density at radius 1 is 1.55 bits per heavy atom. The summed E-state index contributed by atoms with van der Waals surface area (Å²) >= 11 is 0.994. The number of hydrogen-bond acceptors (Lipinski definition) is 5. The van der Waals surface area contributed by atoms with E-state index in [-0.39, 0.29) is 17.2 Å². The monoisotopic (exact) mass is 323 g/mol. The zero-order valence-electron chi connectivity index (χ0n) is 11.7. The first-order valence-electron chi connectivity index (χ1n) is 6.58. The highest BCUT2D eigenvalue weighted by Crippen LogP contribution is 2.22. The predicted molar refractivity (Wildman–Crippen MR) is 82.6 cm³/mol. The van der Waals surface area contributed by atoms with Crippen LogP contribution < -0.4 is 5.32 Å². The average molecular weight is 323 g/mol. The van der Waals surface area contributed by atoms with Gasteiger partial charge < -0.3 is 10.4 Å². The Morgan fingerprint density at radius 2 is 2.32 bits per heavy atom. The molecule has 1 atom stereocenters. The van der Waals surface area contributed by atoms with Gasteiger partial charge in [0.1, 0.15) is 11.1 Å². The van der Waals surface area contributed by atoms with Crippen molar-refractivity contribution in [1.82, 2.24) is 5.32 Å². The second-order valence-electron chi connectivity index (χ2n) is 4.55. The predicted octanol–water partition coefficient (Wildman–Crippen LogP) is 1.78. The molecular formula is C14H14FN3O3S. The van der Waals surface area contributed by atoms with Gasteiger partial charge in [-0.25, -0.2) is 4.39 Å². The van der Waals surface area contributed by atoms with Crippen molar-refractivity contribution in [2.24, 2.45) is 10.2 Å². The Labute approximate surface area is 130 Å². The van der Waals surface area contributed by atoms with E-state index in [2.05, 4.69) is 15.5 Å². The molecule has 6 nitrogen and oxygen atoms in total. The lowest BCUT2D eigenvalue weighted by Gasteiger charge is -1.99. The Balaban J connectivity index is 2.03. The fourth-order valence-corrected chi connectivity index (χ4v) is 2.70. The molecule has 2 N–H and O–H groups in total. The average Bonchev–Trinajstić information content (AvgIpc) is 2.80. The van der Waals surface area contributed by atoms with Gasteiger partial charge in [-0.1, -0.05) is 30.8 Å². The van der Waals surface area contributed by atoms with Crippen molar-refractivity contribution < 1.29 is 19.1 Å². The molecular weight excluding hydrogens is 309 g/mol. The molecule has 0 bridgehead atoms. The Bertz CT molecular complexity index is 661. The molecule has 1 unspecified atom stereocenters. The smallest absolute Gasteiger partial charge is 0.305 e. The van der Waals surface area contributed by atoms with Crippen LogP contribution in [0.25, 0.3) is 0 Å². The highest BCUT2D eigenvalue weighted by Gasteiger charge is 2.32. The molecule has 0 saturated carbocycles. The summed E-state index contributed by atoms with van der Waals surface area (Å²) < 4.78 is 13.7. The largest absolute Gasteiger partial charge is 0.481 e. The normalized spacial score (nSPS) is 19.8. The molecule has 2 rings (SSSR count). The number of carboxylic acid groups (broad SMARTS) is 1. The third-order valence-electron chi connectivity index (χ3n) is 2.95. The molecule has 1 aromatic carbocycles. The van der Waals surface area contributed by atoms with E-state index in [1.165, 1.54) is 12.3 Å². The number of benzene rings is 1. The molecule has 0 radical (unpaired) electrons. The van der Waals surface area contributed by atoms with E-state index in [0.717, 1.165) is 23.7 Å². The van der Waals surface area contributed by atoms with E-state index in [1.807, 2.05) is 6.92 Å². The molecule has 1 aliphatic rings. The van der Waals surface area contributed by atoms with Crippen LogP contribution in [0, 0.1) is 5.82 Å². The Kier molecular flexibility index (Phi) is 5.26. The molecule has 1 aromatic rings. The summed E-state index contributed by atoms with van der Waals surface area (Å²) in [5.74, 6) is -1.87. The summed E-state index contributed by atoms with van der Waals surface area (Å²) in [5, 5.41) is 18.1. The van der Waals surface area contributed by atoms with Crippen LogP contribution in [0.5, 0.6) is 0 Å². The minimum absolute atomic E-state index is 0.207. The number of nitrogens with one attached hydrogen (secondary N) is 1. The summed E-state index contributed by atoms with van der Waals surface area (Å²) in [7, 11) is 0. The van der Waals surface area contributed by atoms with Gasteiger partial charge in [0.15, 0.2) is 5.17 Å². The van der Waals surface area contributed by atoms with E-state index in [9.17, 15) is 14.0 Å². The fourth-order valence-electron chi connectivity index (χ4n) is 1.78. The van der Waals surface area contributed by atoms with Gasteiger partial charge in [-0.2, -0.15) is 5.10 Å². The van der Waals surface area contributed by atoms with Crippen LogP contribution in [-0.4, -0.2) is 33.6 Å². The van der Waals surface area contributed by atoms with Crippen LogP contribution >= 0.6 is 11.8 Å². The summed E-state index contributed by atoms with van der Waals surface area (Å²) in [4.78, 5) is 22.1. The van der Waals surface area contributed by atoms with Gasteiger partial charge in [-0.15, -0.1) is 5.10 Å². The molecule has 1 aliphatic heterocycles. The maximum absolute atomic E-state index is 13.7. The number of rotatable bonds is 5. The maximum Gasteiger partial charge on any atom is 0.305 e. The van der Waals surface area contributed by atoms with E-state index in [1.54, 1.807) is 12.1 Å². The quantitative estimate of drug-likeness (QED) is 0.638. The van der Waals surface area contributed by atoms with E-state index < -0.39 is 22.9 Å². The number of aliphatic carboxylic acids is 1. The number of halogens is 1. The zero-order valence-corrected chi connectivity index (χ0v) is 12.6. The van der Waals surface area contributed by atoms with Crippen molar-refractivity contribution in [3.8, 4) is 0 Å². The highest BCUT2D eigenvalue weighted by molar-refractivity contribution is 8.15. The number of amides is 1. The number of carbonyl (C=O) groups is 2. The molecule has 1 fully saturated rings. The molecule has 116 valence electrons. The van der Waals surface area contributed by atoms with Crippen LogP contribution in [0.15, 0.2) is 28.4 Å². The van der Waals surface area contributed by atoms with Gasteiger partial charge in [0.25, 0.3) is 0 Å². The summed E-state index contributed by atoms with van der Waals surface area (Å²) in [5.41, 5.74) is 1.18. The van der Waals surface area contributed by atoms with Crippen molar-refractivity contribution >= 4 is 35.0 Å². The second kappa shape index (κ2) is 7.17. The van der Waals surface area contributed by atoms with Crippen LogP contribution in [-0.2, 0) is 16.0 Å². The number of thioether (sulfide) groups is 1. The van der Waals surface area contributed by atoms with Gasteiger partial charge in [-0.3, -0.25) is 9.59 Å². The van der Waals surface area contributed by atoms with Crippen LogP contribution in [0.4, 0.5) is 4.39 Å². The SMILES string of the molecule is CCc1ccc(C=NN=C2NC(=O)C(CC(=O)O)S2)c(F)c1. The molecule has 8 heteroatoms. The summed E-state index contributed by atoms with van der Waals surface area (Å²) in [6.45, 7) is 1.93. The first kappa shape index (κ1) is 16.2. The number of carboxylic acids is 1. The van der Waals surface area contributed by atoms with Gasteiger partial charge in [-0.05, 0) is 18.1 Å². The molecule has 1 amide bonds. The molecule has 0 aliphatic carbocycles.